The van der Waals surface area contributed by atoms with Gasteiger partial charge in [-0.2, -0.15) is 0 Å². The van der Waals surface area contributed by atoms with Gasteiger partial charge in [-0.25, -0.2) is 4.98 Å². The van der Waals surface area contributed by atoms with Crippen molar-refractivity contribution in [3.05, 3.63) is 16.1 Å². The number of Topliss-reactive ketones (excluding diaryl/α,β-unsaturated/α-hetero) is 1. The molecule has 4 heteroatoms. The lowest BCUT2D eigenvalue weighted by Gasteiger charge is -2.23. The minimum absolute atomic E-state index is 0.0425. The topological polar surface area (TPSA) is 34.9 Å². The predicted molar refractivity (Wildman–Crippen MR) is 62.0 cm³/mol. The van der Waals surface area contributed by atoms with E-state index in [1.54, 1.807) is 6.92 Å². The minimum Gasteiger partial charge on any atom is -0.330 e. The van der Waals surface area contributed by atoms with E-state index < -0.39 is 0 Å². The Bertz CT molecular complexity index is 398. The Morgan fingerprint density at radius 2 is 2.40 bits per heavy atom. The molecule has 1 aliphatic rings. The van der Waals surface area contributed by atoms with E-state index in [4.69, 9.17) is 0 Å². The summed E-state index contributed by atoms with van der Waals surface area (Å²) < 4.78 is 3.07. The number of rotatable bonds is 2. The van der Waals surface area contributed by atoms with Crippen molar-refractivity contribution in [2.24, 2.45) is 0 Å². The molecular formula is C11H15BrN2O. The summed E-state index contributed by atoms with van der Waals surface area (Å²) in [4.78, 5) is 16.0. The molecule has 1 aromatic rings. The van der Waals surface area contributed by atoms with Crippen molar-refractivity contribution in [2.75, 3.05) is 0 Å². The molecular weight excluding hydrogens is 256 g/mol. The number of aryl methyl sites for hydroxylation is 1. The van der Waals surface area contributed by atoms with Gasteiger partial charge in [0.05, 0.1) is 11.6 Å². The molecule has 0 amide bonds. The van der Waals surface area contributed by atoms with Crippen LogP contribution in [0.3, 0.4) is 0 Å². The highest BCUT2D eigenvalue weighted by Crippen LogP contribution is 2.34. The number of carbonyl (C=O) groups is 1. The van der Waals surface area contributed by atoms with Gasteiger partial charge in [-0.3, -0.25) is 4.79 Å². The molecule has 0 spiro atoms. The molecule has 0 N–H and O–H groups in total. The maximum absolute atomic E-state index is 11.5. The molecule has 3 nitrogen and oxygen atoms in total. The number of imidazole rings is 1. The first kappa shape index (κ1) is 10.9. The van der Waals surface area contributed by atoms with Crippen molar-refractivity contribution in [3.63, 3.8) is 0 Å². The quantitative estimate of drug-likeness (QED) is 0.828. The van der Waals surface area contributed by atoms with Gasteiger partial charge in [0.15, 0.2) is 0 Å². The van der Waals surface area contributed by atoms with E-state index in [-0.39, 0.29) is 11.7 Å². The summed E-state index contributed by atoms with van der Waals surface area (Å²) in [5.74, 6) is 1.38. The number of hydrogen-bond acceptors (Lipinski definition) is 2. The lowest BCUT2D eigenvalue weighted by atomic mass is 9.93. The van der Waals surface area contributed by atoms with E-state index >= 15 is 0 Å². The fourth-order valence-corrected chi connectivity index (χ4v) is 3.01. The van der Waals surface area contributed by atoms with Crippen LogP contribution in [-0.2, 0) is 17.8 Å². The van der Waals surface area contributed by atoms with Gasteiger partial charge in [0.25, 0.3) is 0 Å². The maximum atomic E-state index is 11.5. The molecule has 0 saturated heterocycles. The van der Waals surface area contributed by atoms with Crippen LogP contribution >= 0.6 is 15.9 Å². The van der Waals surface area contributed by atoms with Gasteiger partial charge in [-0.05, 0) is 35.7 Å². The fraction of sp³-hybridized carbons (Fsp3) is 0.636. The molecule has 1 aliphatic heterocycles. The van der Waals surface area contributed by atoms with E-state index in [1.807, 2.05) is 0 Å². The summed E-state index contributed by atoms with van der Waals surface area (Å²) in [5, 5.41) is 0. The van der Waals surface area contributed by atoms with Crippen LogP contribution in [-0.4, -0.2) is 15.3 Å². The summed E-state index contributed by atoms with van der Waals surface area (Å²) in [5.41, 5.74) is 1.09. The van der Waals surface area contributed by atoms with Crippen molar-refractivity contribution >= 4 is 21.7 Å². The normalized spacial score (nSPS) is 20.1. The van der Waals surface area contributed by atoms with Gasteiger partial charge >= 0.3 is 0 Å². The SMILES string of the molecule is CCc1nc(Br)c2n1CCCC2C(C)=O. The zero-order chi connectivity index (χ0) is 11.0. The number of ketones is 1. The third-order valence-corrected chi connectivity index (χ3v) is 3.64. The zero-order valence-corrected chi connectivity index (χ0v) is 10.7. The van der Waals surface area contributed by atoms with Crippen molar-refractivity contribution in [2.45, 2.75) is 45.6 Å². The van der Waals surface area contributed by atoms with Crippen LogP contribution in [0.25, 0.3) is 0 Å². The first-order chi connectivity index (χ1) is 7.15. The van der Waals surface area contributed by atoms with Crippen molar-refractivity contribution in [1.82, 2.24) is 9.55 Å². The lowest BCUT2D eigenvalue weighted by Crippen LogP contribution is -2.21. The van der Waals surface area contributed by atoms with Crippen LogP contribution in [0.4, 0.5) is 0 Å². The van der Waals surface area contributed by atoms with E-state index in [0.29, 0.717) is 0 Å². The Labute approximate surface area is 98.0 Å². The average Bonchev–Trinajstić information content (AvgIpc) is 2.55. The standard InChI is InChI=1S/C11H15BrN2O/c1-3-9-13-11(12)10-8(7(2)15)5-4-6-14(9)10/h8H,3-6H2,1-2H3. The largest absolute Gasteiger partial charge is 0.330 e. The molecule has 2 heterocycles. The van der Waals surface area contributed by atoms with E-state index in [0.717, 1.165) is 41.9 Å². The summed E-state index contributed by atoms with van der Waals surface area (Å²) in [6.07, 6.45) is 2.96. The number of nitrogens with zero attached hydrogens (tertiary/aromatic N) is 2. The molecule has 0 aromatic carbocycles. The van der Waals surface area contributed by atoms with E-state index in [2.05, 4.69) is 32.4 Å². The third kappa shape index (κ3) is 1.75. The average molecular weight is 271 g/mol. The first-order valence-electron chi connectivity index (χ1n) is 5.40. The highest BCUT2D eigenvalue weighted by atomic mass is 79.9. The van der Waals surface area contributed by atoms with Gasteiger partial charge < -0.3 is 4.57 Å². The highest BCUT2D eigenvalue weighted by molar-refractivity contribution is 9.10. The first-order valence-corrected chi connectivity index (χ1v) is 6.19. The van der Waals surface area contributed by atoms with Crippen LogP contribution in [0.1, 0.15) is 44.1 Å². The Kier molecular flexibility index (Phi) is 2.96. The number of hydrogen-bond donors (Lipinski definition) is 0. The Hall–Kier alpha value is -0.640. The summed E-state index contributed by atoms with van der Waals surface area (Å²) in [6, 6.07) is 0. The van der Waals surface area contributed by atoms with Crippen LogP contribution < -0.4 is 0 Å². The molecule has 1 unspecified atom stereocenters. The number of fused-ring (bicyclic) bond motifs is 1. The predicted octanol–water partition coefficient (Wildman–Crippen LogP) is 2.67. The molecule has 82 valence electrons. The van der Waals surface area contributed by atoms with Gasteiger partial charge in [0, 0.05) is 13.0 Å². The lowest BCUT2D eigenvalue weighted by molar-refractivity contribution is -0.118. The van der Waals surface area contributed by atoms with E-state index in [9.17, 15) is 4.79 Å². The van der Waals surface area contributed by atoms with Crippen molar-refractivity contribution in [1.29, 1.82) is 0 Å². The molecule has 15 heavy (non-hydrogen) atoms. The maximum Gasteiger partial charge on any atom is 0.138 e. The summed E-state index contributed by atoms with van der Waals surface area (Å²) >= 11 is 3.47. The highest BCUT2D eigenvalue weighted by Gasteiger charge is 2.29. The van der Waals surface area contributed by atoms with Crippen LogP contribution in [0, 0.1) is 0 Å². The number of aromatic nitrogens is 2. The summed E-state index contributed by atoms with van der Waals surface area (Å²) in [7, 11) is 0. The Morgan fingerprint density at radius 3 is 3.00 bits per heavy atom. The molecule has 1 atom stereocenters. The van der Waals surface area contributed by atoms with Gasteiger partial charge in [-0.1, -0.05) is 6.92 Å². The van der Waals surface area contributed by atoms with Crippen LogP contribution in [0.15, 0.2) is 4.60 Å². The van der Waals surface area contributed by atoms with Crippen molar-refractivity contribution < 1.29 is 4.79 Å². The van der Waals surface area contributed by atoms with Gasteiger partial charge in [-0.15, -0.1) is 0 Å². The molecule has 1 aromatic heterocycles. The second kappa shape index (κ2) is 4.08. The van der Waals surface area contributed by atoms with Crippen molar-refractivity contribution in [3.8, 4) is 0 Å². The Balaban J connectivity index is 2.51. The number of carbonyl (C=O) groups excluding carboxylic acids is 1. The molecule has 0 saturated carbocycles. The van der Waals surface area contributed by atoms with Gasteiger partial charge in [0.1, 0.15) is 16.2 Å². The Morgan fingerprint density at radius 1 is 1.67 bits per heavy atom. The van der Waals surface area contributed by atoms with E-state index in [1.165, 1.54) is 0 Å². The molecule has 0 radical (unpaired) electrons. The molecule has 0 bridgehead atoms. The fourth-order valence-electron chi connectivity index (χ4n) is 2.32. The molecule has 2 rings (SSSR count). The molecule has 0 fully saturated rings. The second-order valence-corrected chi connectivity index (χ2v) is 4.77. The minimum atomic E-state index is 0.0425. The number of halogens is 1. The van der Waals surface area contributed by atoms with Crippen LogP contribution in [0.5, 0.6) is 0 Å². The zero-order valence-electron chi connectivity index (χ0n) is 9.09. The second-order valence-electron chi connectivity index (χ2n) is 4.01. The smallest absolute Gasteiger partial charge is 0.138 e. The third-order valence-electron chi connectivity index (χ3n) is 3.05. The monoisotopic (exact) mass is 270 g/mol. The van der Waals surface area contributed by atoms with Crippen LogP contribution in [0.2, 0.25) is 0 Å². The van der Waals surface area contributed by atoms with Gasteiger partial charge in [0.2, 0.25) is 0 Å². The summed E-state index contributed by atoms with van der Waals surface area (Å²) in [6.45, 7) is 4.77. The molecule has 0 aliphatic carbocycles.